The predicted molar refractivity (Wildman–Crippen MR) is 78.7 cm³/mol. The van der Waals surface area contributed by atoms with Gasteiger partial charge in [-0.2, -0.15) is 0 Å². The lowest BCUT2D eigenvalue weighted by Crippen LogP contribution is -2.14. The molecule has 0 fully saturated rings. The lowest BCUT2D eigenvalue weighted by Gasteiger charge is -2.07. The summed E-state index contributed by atoms with van der Waals surface area (Å²) in [5, 5.41) is 3.13. The maximum absolute atomic E-state index is 11.6. The molecular formula is C15H17N3O3. The highest BCUT2D eigenvalue weighted by Gasteiger charge is 2.13. The van der Waals surface area contributed by atoms with Gasteiger partial charge in [-0.05, 0) is 24.1 Å². The Morgan fingerprint density at radius 2 is 2.14 bits per heavy atom. The van der Waals surface area contributed by atoms with Gasteiger partial charge in [0, 0.05) is 18.3 Å². The van der Waals surface area contributed by atoms with Crippen LogP contribution in [0.25, 0.3) is 0 Å². The highest BCUT2D eigenvalue weighted by atomic mass is 16.7. The third kappa shape index (κ3) is 3.16. The molecule has 0 unspecified atom stereocenters. The van der Waals surface area contributed by atoms with Gasteiger partial charge in [-0.25, -0.2) is 4.98 Å². The molecule has 0 saturated carbocycles. The molecule has 0 bridgehead atoms. The zero-order chi connectivity index (χ0) is 14.7. The van der Waals surface area contributed by atoms with Crippen LogP contribution in [0, 0.1) is 0 Å². The monoisotopic (exact) mass is 287 g/mol. The molecule has 1 aromatic carbocycles. The van der Waals surface area contributed by atoms with Gasteiger partial charge in [-0.1, -0.05) is 19.4 Å². The summed E-state index contributed by atoms with van der Waals surface area (Å²) in [6, 6.07) is 7.29. The van der Waals surface area contributed by atoms with Crippen molar-refractivity contribution >= 4 is 5.95 Å². The molecule has 0 radical (unpaired) electrons. The summed E-state index contributed by atoms with van der Waals surface area (Å²) in [6.07, 6.45) is 1.75. The first-order valence-corrected chi connectivity index (χ1v) is 6.97. The normalized spacial score (nSPS) is 12.4. The molecule has 1 aliphatic heterocycles. The highest BCUT2D eigenvalue weighted by molar-refractivity contribution is 5.45. The average molecular weight is 287 g/mol. The number of H-pyrrole nitrogens is 1. The van der Waals surface area contributed by atoms with Crippen molar-refractivity contribution in [2.45, 2.75) is 26.3 Å². The van der Waals surface area contributed by atoms with E-state index in [0.717, 1.165) is 35.6 Å². The molecular weight excluding hydrogens is 270 g/mol. The molecule has 3 rings (SSSR count). The Kier molecular flexibility index (Phi) is 3.77. The number of ether oxygens (including phenoxy) is 2. The maximum Gasteiger partial charge on any atom is 0.252 e. The molecule has 6 heteroatoms. The van der Waals surface area contributed by atoms with E-state index in [1.165, 1.54) is 6.07 Å². The number of rotatable bonds is 5. The highest BCUT2D eigenvalue weighted by Crippen LogP contribution is 2.32. The molecule has 0 atom stereocenters. The Hall–Kier alpha value is -2.50. The third-order valence-electron chi connectivity index (χ3n) is 3.20. The number of nitrogens with zero attached hydrogens (tertiary/aromatic N) is 1. The van der Waals surface area contributed by atoms with Crippen LogP contribution in [0.2, 0.25) is 0 Å². The first-order valence-electron chi connectivity index (χ1n) is 6.97. The maximum atomic E-state index is 11.6. The fourth-order valence-corrected chi connectivity index (χ4v) is 2.21. The van der Waals surface area contributed by atoms with Crippen molar-refractivity contribution in [3.8, 4) is 11.5 Å². The van der Waals surface area contributed by atoms with Gasteiger partial charge in [0.05, 0.1) is 0 Å². The largest absolute Gasteiger partial charge is 0.454 e. The minimum Gasteiger partial charge on any atom is -0.454 e. The van der Waals surface area contributed by atoms with E-state index in [1.54, 1.807) is 0 Å². The van der Waals surface area contributed by atoms with Gasteiger partial charge in [-0.3, -0.25) is 9.78 Å². The summed E-state index contributed by atoms with van der Waals surface area (Å²) >= 11 is 0. The van der Waals surface area contributed by atoms with Gasteiger partial charge in [0.25, 0.3) is 5.56 Å². The number of aryl methyl sites for hydroxylation is 1. The molecule has 0 saturated heterocycles. The van der Waals surface area contributed by atoms with E-state index < -0.39 is 0 Å². The summed E-state index contributed by atoms with van der Waals surface area (Å²) < 4.78 is 10.6. The van der Waals surface area contributed by atoms with Crippen molar-refractivity contribution in [1.82, 2.24) is 9.97 Å². The van der Waals surface area contributed by atoms with Gasteiger partial charge < -0.3 is 14.8 Å². The molecule has 1 aromatic heterocycles. The van der Waals surface area contributed by atoms with Crippen molar-refractivity contribution in [1.29, 1.82) is 0 Å². The van der Waals surface area contributed by atoms with Crippen molar-refractivity contribution in [2.24, 2.45) is 0 Å². The smallest absolute Gasteiger partial charge is 0.252 e. The van der Waals surface area contributed by atoms with Crippen molar-refractivity contribution in [2.75, 3.05) is 12.1 Å². The van der Waals surface area contributed by atoms with Crippen LogP contribution in [0.5, 0.6) is 11.5 Å². The standard InChI is InChI=1S/C15H17N3O3/c1-2-3-11-7-14(19)18-15(17-11)16-8-10-4-5-12-13(6-10)21-9-20-12/h4-7H,2-3,8-9H2,1H3,(H2,16,17,18,19). The zero-order valence-electron chi connectivity index (χ0n) is 11.8. The van der Waals surface area contributed by atoms with E-state index >= 15 is 0 Å². The topological polar surface area (TPSA) is 76.2 Å². The molecule has 2 heterocycles. The molecule has 110 valence electrons. The van der Waals surface area contributed by atoms with E-state index in [2.05, 4.69) is 22.2 Å². The van der Waals surface area contributed by atoms with Gasteiger partial charge in [0.2, 0.25) is 12.7 Å². The average Bonchev–Trinajstić information content (AvgIpc) is 2.92. The van der Waals surface area contributed by atoms with Crippen LogP contribution >= 0.6 is 0 Å². The lowest BCUT2D eigenvalue weighted by molar-refractivity contribution is 0.174. The Morgan fingerprint density at radius 3 is 3.00 bits per heavy atom. The van der Waals surface area contributed by atoms with Gasteiger partial charge >= 0.3 is 0 Å². The minimum absolute atomic E-state index is 0.137. The Morgan fingerprint density at radius 1 is 1.29 bits per heavy atom. The fourth-order valence-electron chi connectivity index (χ4n) is 2.21. The quantitative estimate of drug-likeness (QED) is 0.880. The number of fused-ring (bicyclic) bond motifs is 1. The second kappa shape index (κ2) is 5.87. The molecule has 6 nitrogen and oxygen atoms in total. The first kappa shape index (κ1) is 13.5. The van der Waals surface area contributed by atoms with E-state index in [-0.39, 0.29) is 12.4 Å². The van der Waals surface area contributed by atoms with Crippen molar-refractivity contribution in [3.05, 3.63) is 45.9 Å². The molecule has 2 aromatic rings. The molecule has 21 heavy (non-hydrogen) atoms. The second-order valence-corrected chi connectivity index (χ2v) is 4.88. The van der Waals surface area contributed by atoms with E-state index in [0.29, 0.717) is 12.5 Å². The van der Waals surface area contributed by atoms with E-state index in [9.17, 15) is 4.79 Å². The molecule has 0 spiro atoms. The number of hydrogen-bond acceptors (Lipinski definition) is 5. The Bertz CT molecular complexity index is 697. The van der Waals surface area contributed by atoms with Crippen LogP contribution in [-0.2, 0) is 13.0 Å². The molecule has 2 N–H and O–H groups in total. The summed E-state index contributed by atoms with van der Waals surface area (Å²) in [5.41, 5.74) is 1.69. The van der Waals surface area contributed by atoms with Crippen LogP contribution in [0.15, 0.2) is 29.1 Å². The number of nitrogens with one attached hydrogen (secondary N) is 2. The minimum atomic E-state index is -0.137. The van der Waals surface area contributed by atoms with E-state index in [4.69, 9.17) is 9.47 Å². The number of aromatic nitrogens is 2. The van der Waals surface area contributed by atoms with Crippen LogP contribution in [0.3, 0.4) is 0 Å². The number of hydrogen-bond donors (Lipinski definition) is 2. The van der Waals surface area contributed by atoms with Crippen LogP contribution in [0.1, 0.15) is 24.6 Å². The zero-order valence-corrected chi connectivity index (χ0v) is 11.8. The van der Waals surface area contributed by atoms with Gasteiger partial charge in [-0.15, -0.1) is 0 Å². The lowest BCUT2D eigenvalue weighted by atomic mass is 10.2. The van der Waals surface area contributed by atoms with Crippen LogP contribution < -0.4 is 20.3 Å². The molecule has 0 amide bonds. The SMILES string of the molecule is CCCc1cc(=O)[nH]c(NCc2ccc3c(c2)OCO3)n1. The number of benzene rings is 1. The predicted octanol–water partition coefficient (Wildman–Crippen LogP) is 2.06. The van der Waals surface area contributed by atoms with Crippen LogP contribution in [-0.4, -0.2) is 16.8 Å². The third-order valence-corrected chi connectivity index (χ3v) is 3.20. The first-order chi connectivity index (χ1) is 10.2. The fraction of sp³-hybridized carbons (Fsp3) is 0.333. The summed E-state index contributed by atoms with van der Waals surface area (Å²) in [7, 11) is 0. The Balaban J connectivity index is 1.71. The molecule has 0 aliphatic carbocycles. The van der Waals surface area contributed by atoms with Crippen molar-refractivity contribution in [3.63, 3.8) is 0 Å². The summed E-state index contributed by atoms with van der Waals surface area (Å²) in [6.45, 7) is 2.87. The second-order valence-electron chi connectivity index (χ2n) is 4.88. The van der Waals surface area contributed by atoms with E-state index in [1.807, 2.05) is 18.2 Å². The van der Waals surface area contributed by atoms with Crippen molar-refractivity contribution < 1.29 is 9.47 Å². The Labute approximate surface area is 122 Å². The van der Waals surface area contributed by atoms with Gasteiger partial charge in [0.15, 0.2) is 11.5 Å². The van der Waals surface area contributed by atoms with Gasteiger partial charge in [0.1, 0.15) is 0 Å². The summed E-state index contributed by atoms with van der Waals surface area (Å²) in [5.74, 6) is 1.99. The summed E-state index contributed by atoms with van der Waals surface area (Å²) in [4.78, 5) is 18.7. The molecule has 1 aliphatic rings. The van der Waals surface area contributed by atoms with Crippen LogP contribution in [0.4, 0.5) is 5.95 Å². The number of aromatic amines is 1. The number of anilines is 1.